The molecule has 0 unspecified atom stereocenters. The molecule has 0 bridgehead atoms. The highest BCUT2D eigenvalue weighted by atomic mass is 16.5. The van der Waals surface area contributed by atoms with Gasteiger partial charge in [0.2, 0.25) is 0 Å². The molecular weight excluding hydrogens is 386 g/mol. The number of benzene rings is 3. The van der Waals surface area contributed by atoms with Crippen LogP contribution in [0, 0.1) is 13.8 Å². The number of anilines is 1. The van der Waals surface area contributed by atoms with E-state index in [0.717, 1.165) is 33.9 Å². The van der Waals surface area contributed by atoms with Gasteiger partial charge in [0.05, 0.1) is 6.61 Å². The fourth-order valence-corrected chi connectivity index (χ4v) is 3.40. The van der Waals surface area contributed by atoms with Gasteiger partial charge in [-0.05, 0) is 79.8 Å². The largest absolute Gasteiger partial charge is 0.493 e. The second-order valence-corrected chi connectivity index (χ2v) is 7.99. The minimum absolute atomic E-state index is 0.157. The molecule has 0 aliphatic carbocycles. The number of carbonyl (C=O) groups excluding carboxylic acids is 1. The van der Waals surface area contributed by atoms with Gasteiger partial charge in [0, 0.05) is 16.8 Å². The van der Waals surface area contributed by atoms with Crippen LogP contribution in [0.1, 0.15) is 59.3 Å². The van der Waals surface area contributed by atoms with Crippen molar-refractivity contribution in [3.8, 4) is 11.5 Å². The lowest BCUT2D eigenvalue weighted by Gasteiger charge is -2.16. The van der Waals surface area contributed by atoms with Gasteiger partial charge in [0.1, 0.15) is 18.1 Å². The van der Waals surface area contributed by atoms with Gasteiger partial charge in [0.25, 0.3) is 5.91 Å². The van der Waals surface area contributed by atoms with Crippen molar-refractivity contribution < 1.29 is 14.3 Å². The smallest absolute Gasteiger partial charge is 0.255 e. The SMILES string of the molecule is CCOc1ccc(C(=O)Nc2ccc(C)c(C)c2)cc1COc1ccccc1C(C)C. The zero-order valence-corrected chi connectivity index (χ0v) is 19.0. The molecule has 0 aromatic heterocycles. The van der Waals surface area contributed by atoms with E-state index in [2.05, 4.69) is 32.2 Å². The number of nitrogens with one attached hydrogen (secondary N) is 1. The number of hydrogen-bond donors (Lipinski definition) is 1. The van der Waals surface area contributed by atoms with Crippen molar-refractivity contribution in [3.63, 3.8) is 0 Å². The fraction of sp³-hybridized carbons (Fsp3) is 0.296. The first-order valence-corrected chi connectivity index (χ1v) is 10.7. The third kappa shape index (κ3) is 5.66. The van der Waals surface area contributed by atoms with Crippen molar-refractivity contribution >= 4 is 11.6 Å². The van der Waals surface area contributed by atoms with Gasteiger partial charge in [-0.25, -0.2) is 0 Å². The summed E-state index contributed by atoms with van der Waals surface area (Å²) >= 11 is 0. The summed E-state index contributed by atoms with van der Waals surface area (Å²) in [5.74, 6) is 1.78. The normalized spacial score (nSPS) is 10.8. The van der Waals surface area contributed by atoms with Crippen molar-refractivity contribution in [2.45, 2.75) is 47.1 Å². The van der Waals surface area contributed by atoms with Gasteiger partial charge < -0.3 is 14.8 Å². The number of hydrogen-bond acceptors (Lipinski definition) is 3. The van der Waals surface area contributed by atoms with Crippen LogP contribution < -0.4 is 14.8 Å². The first-order chi connectivity index (χ1) is 14.9. The highest BCUT2D eigenvalue weighted by Crippen LogP contribution is 2.28. The standard InChI is InChI=1S/C27H31NO3/c1-6-30-25-14-12-21(27(29)28-23-13-11-19(4)20(5)15-23)16-22(25)17-31-26-10-8-7-9-24(26)18(2)3/h7-16,18H,6,17H2,1-5H3,(H,28,29). The minimum Gasteiger partial charge on any atom is -0.493 e. The van der Waals surface area contributed by atoms with Gasteiger partial charge >= 0.3 is 0 Å². The number of aryl methyl sites for hydroxylation is 2. The van der Waals surface area contributed by atoms with Gasteiger partial charge in [-0.2, -0.15) is 0 Å². The van der Waals surface area contributed by atoms with Gasteiger partial charge in [-0.1, -0.05) is 38.1 Å². The third-order valence-electron chi connectivity index (χ3n) is 5.31. The van der Waals surface area contributed by atoms with E-state index < -0.39 is 0 Å². The van der Waals surface area contributed by atoms with E-state index >= 15 is 0 Å². The Morgan fingerprint density at radius 1 is 0.903 bits per heavy atom. The first-order valence-electron chi connectivity index (χ1n) is 10.7. The highest BCUT2D eigenvalue weighted by molar-refractivity contribution is 6.04. The van der Waals surface area contributed by atoms with Crippen LogP contribution in [-0.4, -0.2) is 12.5 Å². The molecule has 0 radical (unpaired) electrons. The molecule has 1 N–H and O–H groups in total. The van der Waals surface area contributed by atoms with E-state index in [-0.39, 0.29) is 5.91 Å². The van der Waals surface area contributed by atoms with Gasteiger partial charge in [0.15, 0.2) is 0 Å². The molecule has 162 valence electrons. The van der Waals surface area contributed by atoms with E-state index in [1.54, 1.807) is 6.07 Å². The molecule has 0 saturated carbocycles. The quantitative estimate of drug-likeness (QED) is 0.446. The lowest BCUT2D eigenvalue weighted by Crippen LogP contribution is -2.13. The number of carbonyl (C=O) groups is 1. The summed E-state index contributed by atoms with van der Waals surface area (Å²) in [6.07, 6.45) is 0. The summed E-state index contributed by atoms with van der Waals surface area (Å²) < 4.78 is 11.9. The fourth-order valence-electron chi connectivity index (χ4n) is 3.40. The van der Waals surface area contributed by atoms with Crippen LogP contribution in [0.2, 0.25) is 0 Å². The van der Waals surface area contributed by atoms with E-state index in [4.69, 9.17) is 9.47 Å². The van der Waals surface area contributed by atoms with Crippen LogP contribution in [0.4, 0.5) is 5.69 Å². The van der Waals surface area contributed by atoms with Crippen molar-refractivity contribution in [2.24, 2.45) is 0 Å². The summed E-state index contributed by atoms with van der Waals surface area (Å²) in [6, 6.07) is 19.4. The third-order valence-corrected chi connectivity index (χ3v) is 5.31. The van der Waals surface area contributed by atoms with Crippen LogP contribution in [0.15, 0.2) is 60.7 Å². The lowest BCUT2D eigenvalue weighted by atomic mass is 10.0. The Morgan fingerprint density at radius 3 is 2.39 bits per heavy atom. The van der Waals surface area contributed by atoms with Crippen LogP contribution in [0.3, 0.4) is 0 Å². The zero-order chi connectivity index (χ0) is 22.4. The molecule has 0 atom stereocenters. The second-order valence-electron chi connectivity index (χ2n) is 7.99. The summed E-state index contributed by atoms with van der Waals surface area (Å²) in [4.78, 5) is 12.9. The average Bonchev–Trinajstić information content (AvgIpc) is 2.76. The molecule has 0 aliphatic rings. The van der Waals surface area contributed by atoms with Crippen molar-refractivity contribution in [2.75, 3.05) is 11.9 Å². The molecule has 31 heavy (non-hydrogen) atoms. The summed E-state index contributed by atoms with van der Waals surface area (Å²) in [5, 5.41) is 2.98. The molecule has 4 nitrogen and oxygen atoms in total. The number of rotatable bonds is 8. The molecule has 4 heteroatoms. The Bertz CT molecular complexity index is 1060. The maximum absolute atomic E-state index is 12.9. The number of ether oxygens (including phenoxy) is 2. The molecule has 3 rings (SSSR count). The molecule has 0 saturated heterocycles. The van der Waals surface area contributed by atoms with E-state index in [0.29, 0.717) is 24.7 Å². The molecule has 0 spiro atoms. The molecule has 3 aromatic carbocycles. The average molecular weight is 418 g/mol. The van der Waals surface area contributed by atoms with E-state index in [9.17, 15) is 4.79 Å². The predicted octanol–water partition coefficient (Wildman–Crippen LogP) is 6.66. The molecule has 0 aliphatic heterocycles. The van der Waals surface area contributed by atoms with Crippen LogP contribution in [0.5, 0.6) is 11.5 Å². The summed E-state index contributed by atoms with van der Waals surface area (Å²) in [7, 11) is 0. The predicted molar refractivity (Wildman–Crippen MR) is 126 cm³/mol. The minimum atomic E-state index is -0.157. The highest BCUT2D eigenvalue weighted by Gasteiger charge is 2.13. The monoisotopic (exact) mass is 417 g/mol. The van der Waals surface area contributed by atoms with Crippen molar-refractivity contribution in [3.05, 3.63) is 88.5 Å². The molecule has 0 fully saturated rings. The van der Waals surface area contributed by atoms with E-state index in [1.807, 2.05) is 62.4 Å². The van der Waals surface area contributed by atoms with E-state index in [1.165, 1.54) is 5.56 Å². The summed E-state index contributed by atoms with van der Waals surface area (Å²) in [5.41, 5.74) is 5.68. The molecule has 0 heterocycles. The Hall–Kier alpha value is -3.27. The Balaban J connectivity index is 1.82. The molecule has 1 amide bonds. The Kier molecular flexibility index (Phi) is 7.35. The second kappa shape index (κ2) is 10.2. The maximum Gasteiger partial charge on any atom is 0.255 e. The molecular formula is C27H31NO3. The first kappa shape index (κ1) is 22.4. The van der Waals surface area contributed by atoms with Crippen LogP contribution in [-0.2, 0) is 6.61 Å². The Labute approximate surface area is 185 Å². The lowest BCUT2D eigenvalue weighted by molar-refractivity contribution is 0.102. The summed E-state index contributed by atoms with van der Waals surface area (Å²) in [6.45, 7) is 11.2. The number of amides is 1. The van der Waals surface area contributed by atoms with Crippen molar-refractivity contribution in [1.82, 2.24) is 0 Å². The molecule has 3 aromatic rings. The van der Waals surface area contributed by atoms with Crippen LogP contribution >= 0.6 is 0 Å². The number of para-hydroxylation sites is 1. The topological polar surface area (TPSA) is 47.6 Å². The van der Waals surface area contributed by atoms with Crippen molar-refractivity contribution in [1.29, 1.82) is 0 Å². The van der Waals surface area contributed by atoms with Crippen LogP contribution in [0.25, 0.3) is 0 Å². The van der Waals surface area contributed by atoms with Gasteiger partial charge in [-0.3, -0.25) is 4.79 Å². The zero-order valence-electron chi connectivity index (χ0n) is 19.0. The van der Waals surface area contributed by atoms with Gasteiger partial charge in [-0.15, -0.1) is 0 Å². The maximum atomic E-state index is 12.9. The Morgan fingerprint density at radius 2 is 1.68 bits per heavy atom.